The van der Waals surface area contributed by atoms with Gasteiger partial charge < -0.3 is 21.3 Å². The maximum atomic E-state index is 11.5. The molecule has 20 heavy (non-hydrogen) atoms. The van der Waals surface area contributed by atoms with Crippen LogP contribution < -0.4 is 16.4 Å². The van der Waals surface area contributed by atoms with E-state index in [1.54, 1.807) is 0 Å². The molecule has 0 aromatic carbocycles. The number of carbonyl (C=O) groups excluding carboxylic acids is 1. The van der Waals surface area contributed by atoms with Gasteiger partial charge in [0.1, 0.15) is 10.6 Å². The second kappa shape index (κ2) is 8.06. The molecule has 0 aliphatic heterocycles. The number of nitrogen functional groups attached to an aromatic ring is 1. The SMILES string of the molecule is CCN(CC)CCCN(CC)c1snc(N)c1C(N)=O. The molecule has 7 heteroatoms. The smallest absolute Gasteiger partial charge is 0.255 e. The van der Waals surface area contributed by atoms with Crippen LogP contribution in [0.5, 0.6) is 0 Å². The molecule has 0 saturated carbocycles. The zero-order valence-electron chi connectivity index (χ0n) is 12.6. The number of carbonyl (C=O) groups is 1. The standard InChI is InChI=1S/C13H25N5OS/c1-4-17(5-2)8-7-9-18(6-3)13-10(12(15)19)11(14)16-20-13/h4-9H2,1-3H3,(H2,14,16)(H2,15,19). The molecule has 0 spiro atoms. The highest BCUT2D eigenvalue weighted by Crippen LogP contribution is 2.30. The van der Waals surface area contributed by atoms with E-state index in [1.165, 1.54) is 11.5 Å². The fourth-order valence-corrected chi connectivity index (χ4v) is 3.08. The van der Waals surface area contributed by atoms with Crippen LogP contribution in [-0.2, 0) is 0 Å². The maximum Gasteiger partial charge on any atom is 0.255 e. The van der Waals surface area contributed by atoms with Crippen LogP contribution in [-0.4, -0.2) is 47.9 Å². The summed E-state index contributed by atoms with van der Waals surface area (Å²) in [4.78, 5) is 16.0. The molecule has 1 amide bonds. The molecular formula is C13H25N5OS. The highest BCUT2D eigenvalue weighted by molar-refractivity contribution is 7.11. The van der Waals surface area contributed by atoms with Crippen molar-refractivity contribution in [2.45, 2.75) is 27.2 Å². The van der Waals surface area contributed by atoms with Gasteiger partial charge in [-0.2, -0.15) is 4.37 Å². The van der Waals surface area contributed by atoms with Crippen molar-refractivity contribution in [1.82, 2.24) is 9.27 Å². The molecular weight excluding hydrogens is 274 g/mol. The van der Waals surface area contributed by atoms with Crippen LogP contribution in [0.25, 0.3) is 0 Å². The van der Waals surface area contributed by atoms with Crippen molar-refractivity contribution in [1.29, 1.82) is 0 Å². The van der Waals surface area contributed by atoms with Gasteiger partial charge in [0, 0.05) is 13.1 Å². The lowest BCUT2D eigenvalue weighted by Crippen LogP contribution is -2.30. The van der Waals surface area contributed by atoms with Crippen molar-refractivity contribution in [2.24, 2.45) is 5.73 Å². The first kappa shape index (κ1) is 16.7. The van der Waals surface area contributed by atoms with E-state index in [0.717, 1.165) is 44.1 Å². The lowest BCUT2D eigenvalue weighted by Gasteiger charge is -2.24. The summed E-state index contributed by atoms with van der Waals surface area (Å²) in [6.45, 7) is 11.2. The molecule has 0 bridgehead atoms. The number of aromatic nitrogens is 1. The van der Waals surface area contributed by atoms with E-state index in [0.29, 0.717) is 5.56 Å². The quantitative estimate of drug-likeness (QED) is 0.719. The Morgan fingerprint density at radius 1 is 1.20 bits per heavy atom. The van der Waals surface area contributed by atoms with Gasteiger partial charge in [0.15, 0.2) is 5.82 Å². The van der Waals surface area contributed by atoms with Gasteiger partial charge in [-0.15, -0.1) is 0 Å². The van der Waals surface area contributed by atoms with E-state index >= 15 is 0 Å². The van der Waals surface area contributed by atoms with Crippen LogP contribution in [0.15, 0.2) is 0 Å². The van der Waals surface area contributed by atoms with Gasteiger partial charge in [0.05, 0.1) is 0 Å². The van der Waals surface area contributed by atoms with Gasteiger partial charge in [-0.25, -0.2) is 0 Å². The van der Waals surface area contributed by atoms with Crippen LogP contribution >= 0.6 is 11.5 Å². The molecule has 114 valence electrons. The summed E-state index contributed by atoms with van der Waals surface area (Å²) in [7, 11) is 0. The topological polar surface area (TPSA) is 88.5 Å². The van der Waals surface area contributed by atoms with Gasteiger partial charge >= 0.3 is 0 Å². The van der Waals surface area contributed by atoms with Gasteiger partial charge in [-0.3, -0.25) is 4.79 Å². The van der Waals surface area contributed by atoms with Crippen LogP contribution in [0, 0.1) is 0 Å². The lowest BCUT2D eigenvalue weighted by atomic mass is 10.2. The van der Waals surface area contributed by atoms with Gasteiger partial charge in [-0.1, -0.05) is 13.8 Å². The molecule has 6 nitrogen and oxygen atoms in total. The van der Waals surface area contributed by atoms with E-state index in [4.69, 9.17) is 11.5 Å². The molecule has 0 atom stereocenters. The normalized spacial score (nSPS) is 11.0. The Kier molecular flexibility index (Phi) is 6.74. The number of nitrogens with zero attached hydrogens (tertiary/aromatic N) is 3. The molecule has 1 rings (SSSR count). The number of hydrogen-bond acceptors (Lipinski definition) is 6. The van der Waals surface area contributed by atoms with Crippen LogP contribution in [0.3, 0.4) is 0 Å². The van der Waals surface area contributed by atoms with Gasteiger partial charge in [-0.05, 0) is 44.5 Å². The van der Waals surface area contributed by atoms with Crippen LogP contribution in [0.2, 0.25) is 0 Å². The summed E-state index contributed by atoms with van der Waals surface area (Å²) in [5.41, 5.74) is 11.5. The summed E-state index contributed by atoms with van der Waals surface area (Å²) >= 11 is 1.24. The highest BCUT2D eigenvalue weighted by Gasteiger charge is 2.20. The van der Waals surface area contributed by atoms with Crippen molar-refractivity contribution in [3.05, 3.63) is 5.56 Å². The van der Waals surface area contributed by atoms with Crippen molar-refractivity contribution in [3.63, 3.8) is 0 Å². The fourth-order valence-electron chi connectivity index (χ4n) is 2.17. The van der Waals surface area contributed by atoms with E-state index in [1.807, 2.05) is 0 Å². The first-order chi connectivity index (χ1) is 9.54. The summed E-state index contributed by atoms with van der Waals surface area (Å²) in [6.07, 6.45) is 1.03. The highest BCUT2D eigenvalue weighted by atomic mass is 32.1. The minimum Gasteiger partial charge on any atom is -0.382 e. The van der Waals surface area contributed by atoms with E-state index in [2.05, 4.69) is 34.9 Å². The van der Waals surface area contributed by atoms with Crippen molar-refractivity contribution < 1.29 is 4.79 Å². The number of anilines is 2. The van der Waals surface area contributed by atoms with Crippen molar-refractivity contribution in [3.8, 4) is 0 Å². The lowest BCUT2D eigenvalue weighted by molar-refractivity contribution is 0.100. The summed E-state index contributed by atoms with van der Waals surface area (Å²) in [5.74, 6) is -0.270. The molecule has 0 aliphatic rings. The van der Waals surface area contributed by atoms with Crippen LogP contribution in [0.1, 0.15) is 37.6 Å². The molecule has 1 heterocycles. The Morgan fingerprint density at radius 3 is 2.35 bits per heavy atom. The molecule has 0 radical (unpaired) electrons. The Morgan fingerprint density at radius 2 is 1.85 bits per heavy atom. The van der Waals surface area contributed by atoms with E-state index in [-0.39, 0.29) is 5.82 Å². The zero-order valence-corrected chi connectivity index (χ0v) is 13.4. The third-order valence-corrected chi connectivity index (χ3v) is 4.34. The van der Waals surface area contributed by atoms with Gasteiger partial charge in [0.25, 0.3) is 5.91 Å². The molecule has 4 N–H and O–H groups in total. The number of amides is 1. The predicted molar refractivity (Wildman–Crippen MR) is 85.3 cm³/mol. The molecule has 0 saturated heterocycles. The second-order valence-corrected chi connectivity index (χ2v) is 5.32. The maximum absolute atomic E-state index is 11.5. The third-order valence-electron chi connectivity index (χ3n) is 3.41. The molecule has 0 fully saturated rings. The largest absolute Gasteiger partial charge is 0.382 e. The number of primary amides is 1. The first-order valence-corrected chi connectivity index (χ1v) is 7.84. The summed E-state index contributed by atoms with van der Waals surface area (Å²) in [6, 6.07) is 0. The number of rotatable bonds is 9. The minimum absolute atomic E-state index is 0.236. The second-order valence-electron chi connectivity index (χ2n) is 4.57. The van der Waals surface area contributed by atoms with Crippen molar-refractivity contribution in [2.75, 3.05) is 43.4 Å². The Labute approximate surface area is 124 Å². The van der Waals surface area contributed by atoms with Gasteiger partial charge in [0.2, 0.25) is 0 Å². The monoisotopic (exact) mass is 299 g/mol. The molecule has 0 unspecified atom stereocenters. The zero-order chi connectivity index (χ0) is 15.1. The molecule has 0 aliphatic carbocycles. The fraction of sp³-hybridized carbons (Fsp3) is 0.692. The summed E-state index contributed by atoms with van der Waals surface area (Å²) in [5, 5.41) is 0.789. The average molecular weight is 299 g/mol. The number of hydrogen-bond donors (Lipinski definition) is 2. The molecule has 1 aromatic rings. The predicted octanol–water partition coefficient (Wildman–Crippen LogP) is 1.38. The van der Waals surface area contributed by atoms with Crippen LogP contribution in [0.4, 0.5) is 10.8 Å². The summed E-state index contributed by atoms with van der Waals surface area (Å²) < 4.78 is 4.05. The average Bonchev–Trinajstić information content (AvgIpc) is 2.81. The molecule has 1 aromatic heterocycles. The minimum atomic E-state index is -0.506. The van der Waals surface area contributed by atoms with Crippen molar-refractivity contribution >= 4 is 28.3 Å². The van der Waals surface area contributed by atoms with E-state index in [9.17, 15) is 4.79 Å². The Bertz CT molecular complexity index is 430. The Hall–Kier alpha value is -1.34. The number of nitrogens with two attached hydrogens (primary N) is 2. The Balaban J connectivity index is 2.69. The first-order valence-electron chi connectivity index (χ1n) is 7.07. The van der Waals surface area contributed by atoms with E-state index < -0.39 is 5.91 Å². The third kappa shape index (κ3) is 4.08.